The molecule has 0 saturated carbocycles. The number of hydrogen-bond donors (Lipinski definition) is 0. The monoisotopic (exact) mass is 338 g/mol. The molecule has 0 N–H and O–H groups in total. The standard InChI is InChI=1S/C19H18N2O2S/c1-14-5-2-3-7-17(14)20-9-8-15(11-20)19-21(18(22)13-24-19)12-16-6-4-10-23-16/h2-11,19H,12-13H2,1H3/t19-/m0/s1. The van der Waals surface area contributed by atoms with Crippen LogP contribution in [0.5, 0.6) is 0 Å². The zero-order valence-electron chi connectivity index (χ0n) is 13.4. The van der Waals surface area contributed by atoms with Crippen molar-refractivity contribution in [2.45, 2.75) is 18.8 Å². The summed E-state index contributed by atoms with van der Waals surface area (Å²) in [6, 6.07) is 14.1. The molecule has 122 valence electrons. The quantitative estimate of drug-likeness (QED) is 0.717. The third-order valence-corrected chi connectivity index (χ3v) is 5.52. The number of rotatable bonds is 4. The molecule has 0 aliphatic carbocycles. The SMILES string of the molecule is Cc1ccccc1-n1ccc([C@@H]2SCC(=O)N2Cc2ccco2)c1. The maximum Gasteiger partial charge on any atom is 0.234 e. The fourth-order valence-electron chi connectivity index (χ4n) is 3.03. The summed E-state index contributed by atoms with van der Waals surface area (Å²) in [6.07, 6.45) is 5.83. The molecule has 1 atom stereocenters. The number of amides is 1. The Labute approximate surface area is 145 Å². The summed E-state index contributed by atoms with van der Waals surface area (Å²) in [6.45, 7) is 2.62. The highest BCUT2D eigenvalue weighted by atomic mass is 32.2. The van der Waals surface area contributed by atoms with Crippen molar-refractivity contribution in [3.63, 3.8) is 0 Å². The van der Waals surface area contributed by atoms with E-state index in [4.69, 9.17) is 4.42 Å². The molecule has 1 aromatic carbocycles. The minimum absolute atomic E-state index is 0.0351. The molecule has 1 aliphatic rings. The lowest BCUT2D eigenvalue weighted by atomic mass is 10.2. The largest absolute Gasteiger partial charge is 0.467 e. The second-order valence-corrected chi connectivity index (χ2v) is 6.97. The molecule has 24 heavy (non-hydrogen) atoms. The number of furan rings is 1. The van der Waals surface area contributed by atoms with Gasteiger partial charge in [0.15, 0.2) is 0 Å². The highest BCUT2D eigenvalue weighted by Gasteiger charge is 2.33. The van der Waals surface area contributed by atoms with E-state index >= 15 is 0 Å². The van der Waals surface area contributed by atoms with E-state index in [-0.39, 0.29) is 11.3 Å². The van der Waals surface area contributed by atoms with Crippen molar-refractivity contribution in [1.29, 1.82) is 0 Å². The van der Waals surface area contributed by atoms with Crippen molar-refractivity contribution < 1.29 is 9.21 Å². The fraction of sp³-hybridized carbons (Fsp3) is 0.211. The van der Waals surface area contributed by atoms with Crippen LogP contribution in [0.2, 0.25) is 0 Å². The van der Waals surface area contributed by atoms with Crippen LogP contribution in [0.25, 0.3) is 5.69 Å². The molecule has 2 aromatic heterocycles. The van der Waals surface area contributed by atoms with Crippen LogP contribution in [-0.2, 0) is 11.3 Å². The highest BCUT2D eigenvalue weighted by molar-refractivity contribution is 8.00. The zero-order valence-corrected chi connectivity index (χ0v) is 14.2. The summed E-state index contributed by atoms with van der Waals surface area (Å²) in [4.78, 5) is 14.2. The number of aromatic nitrogens is 1. The Bertz CT molecular complexity index is 854. The van der Waals surface area contributed by atoms with Gasteiger partial charge < -0.3 is 13.9 Å². The van der Waals surface area contributed by atoms with Crippen LogP contribution < -0.4 is 0 Å². The van der Waals surface area contributed by atoms with Gasteiger partial charge in [0.05, 0.1) is 18.6 Å². The van der Waals surface area contributed by atoms with E-state index in [0.717, 1.165) is 17.0 Å². The Morgan fingerprint density at radius 3 is 2.88 bits per heavy atom. The van der Waals surface area contributed by atoms with E-state index in [1.807, 2.05) is 29.2 Å². The second kappa shape index (κ2) is 6.24. The Morgan fingerprint density at radius 1 is 1.21 bits per heavy atom. The van der Waals surface area contributed by atoms with Gasteiger partial charge in [0.2, 0.25) is 5.91 Å². The van der Waals surface area contributed by atoms with Crippen molar-refractivity contribution in [2.24, 2.45) is 0 Å². The lowest BCUT2D eigenvalue weighted by Crippen LogP contribution is -2.27. The number of carbonyl (C=O) groups is 1. The normalized spacial score (nSPS) is 17.6. The first-order valence-electron chi connectivity index (χ1n) is 7.90. The molecule has 3 aromatic rings. The summed E-state index contributed by atoms with van der Waals surface area (Å²) in [5, 5.41) is 0.0351. The van der Waals surface area contributed by atoms with Gasteiger partial charge in [0.25, 0.3) is 0 Å². The van der Waals surface area contributed by atoms with Gasteiger partial charge >= 0.3 is 0 Å². The van der Waals surface area contributed by atoms with Crippen LogP contribution in [0.3, 0.4) is 0 Å². The molecule has 0 spiro atoms. The second-order valence-electron chi connectivity index (χ2n) is 5.90. The van der Waals surface area contributed by atoms with Gasteiger partial charge in [-0.15, -0.1) is 11.8 Å². The first-order chi connectivity index (χ1) is 11.7. The summed E-state index contributed by atoms with van der Waals surface area (Å²) in [5.74, 6) is 1.49. The van der Waals surface area contributed by atoms with E-state index in [1.165, 1.54) is 5.56 Å². The predicted molar refractivity (Wildman–Crippen MR) is 95.0 cm³/mol. The summed E-state index contributed by atoms with van der Waals surface area (Å²) >= 11 is 1.67. The average molecular weight is 338 g/mol. The Morgan fingerprint density at radius 2 is 2.08 bits per heavy atom. The fourth-order valence-corrected chi connectivity index (χ4v) is 4.20. The van der Waals surface area contributed by atoms with Gasteiger partial charge in [-0.25, -0.2) is 0 Å². The van der Waals surface area contributed by atoms with Crippen molar-refractivity contribution >= 4 is 17.7 Å². The minimum atomic E-state index is 0.0351. The molecule has 0 unspecified atom stereocenters. The van der Waals surface area contributed by atoms with Crippen LogP contribution in [0.1, 0.15) is 22.3 Å². The lowest BCUT2D eigenvalue weighted by Gasteiger charge is -2.22. The van der Waals surface area contributed by atoms with E-state index in [2.05, 4.69) is 42.1 Å². The number of nitrogens with zero attached hydrogens (tertiary/aromatic N) is 2. The van der Waals surface area contributed by atoms with Crippen LogP contribution >= 0.6 is 11.8 Å². The number of benzene rings is 1. The number of thioether (sulfide) groups is 1. The average Bonchev–Trinajstić information content (AvgIpc) is 3.31. The molecule has 0 bridgehead atoms. The topological polar surface area (TPSA) is 38.4 Å². The van der Waals surface area contributed by atoms with E-state index in [1.54, 1.807) is 18.0 Å². The molecule has 0 radical (unpaired) electrons. The van der Waals surface area contributed by atoms with Crippen molar-refractivity contribution in [1.82, 2.24) is 9.47 Å². The number of aryl methyl sites for hydroxylation is 1. The van der Waals surface area contributed by atoms with Crippen LogP contribution in [0.4, 0.5) is 0 Å². The van der Waals surface area contributed by atoms with Gasteiger partial charge in [-0.05, 0) is 36.8 Å². The number of hydrogen-bond acceptors (Lipinski definition) is 3. The molecule has 1 aliphatic heterocycles. The molecule has 3 heterocycles. The van der Waals surface area contributed by atoms with Crippen molar-refractivity contribution in [3.05, 3.63) is 78.0 Å². The van der Waals surface area contributed by atoms with Crippen molar-refractivity contribution in [2.75, 3.05) is 5.75 Å². The van der Waals surface area contributed by atoms with Gasteiger partial charge in [-0.2, -0.15) is 0 Å². The van der Waals surface area contributed by atoms with E-state index in [0.29, 0.717) is 12.3 Å². The van der Waals surface area contributed by atoms with E-state index < -0.39 is 0 Å². The maximum atomic E-state index is 12.3. The van der Waals surface area contributed by atoms with Gasteiger partial charge in [0.1, 0.15) is 11.1 Å². The molecule has 5 heteroatoms. The predicted octanol–water partition coefficient (Wildman–Crippen LogP) is 4.15. The smallest absolute Gasteiger partial charge is 0.234 e. The number of carbonyl (C=O) groups excluding carboxylic acids is 1. The molecule has 4 rings (SSSR count). The Balaban J connectivity index is 1.61. The van der Waals surface area contributed by atoms with Crippen LogP contribution in [-0.4, -0.2) is 21.1 Å². The zero-order chi connectivity index (χ0) is 16.5. The molecule has 1 saturated heterocycles. The minimum Gasteiger partial charge on any atom is -0.467 e. The number of para-hydroxylation sites is 1. The molecule has 1 amide bonds. The molecule has 1 fully saturated rings. The highest BCUT2D eigenvalue weighted by Crippen LogP contribution is 2.40. The summed E-state index contributed by atoms with van der Waals surface area (Å²) < 4.78 is 7.53. The van der Waals surface area contributed by atoms with E-state index in [9.17, 15) is 4.79 Å². The molecular formula is C19H18N2O2S. The van der Waals surface area contributed by atoms with Crippen LogP contribution in [0, 0.1) is 6.92 Å². The summed E-state index contributed by atoms with van der Waals surface area (Å²) in [7, 11) is 0. The Hall–Kier alpha value is -2.40. The third kappa shape index (κ3) is 2.76. The first-order valence-corrected chi connectivity index (χ1v) is 8.94. The van der Waals surface area contributed by atoms with Crippen molar-refractivity contribution in [3.8, 4) is 5.69 Å². The lowest BCUT2D eigenvalue weighted by molar-refractivity contribution is -0.128. The molecular weight excluding hydrogens is 320 g/mol. The first kappa shape index (κ1) is 15.1. The van der Waals surface area contributed by atoms with Crippen LogP contribution in [0.15, 0.2) is 65.5 Å². The van der Waals surface area contributed by atoms with Gasteiger partial charge in [0, 0.05) is 23.6 Å². The van der Waals surface area contributed by atoms with Gasteiger partial charge in [-0.1, -0.05) is 18.2 Å². The molecule has 4 nitrogen and oxygen atoms in total. The third-order valence-electron chi connectivity index (χ3n) is 4.27. The summed E-state index contributed by atoms with van der Waals surface area (Å²) in [5.41, 5.74) is 3.53. The maximum absolute atomic E-state index is 12.3. The Kier molecular flexibility index (Phi) is 3.94. The van der Waals surface area contributed by atoms with Gasteiger partial charge in [-0.3, -0.25) is 4.79 Å².